The lowest BCUT2D eigenvalue weighted by Gasteiger charge is -2.38. The van der Waals surface area contributed by atoms with E-state index in [1.165, 1.54) is 0 Å². The lowest BCUT2D eigenvalue weighted by atomic mass is 10.0. The number of carbonyl (C=O) groups is 1. The summed E-state index contributed by atoms with van der Waals surface area (Å²) in [6, 6.07) is 0. The smallest absolute Gasteiger partial charge is 0.210 e. The summed E-state index contributed by atoms with van der Waals surface area (Å²) < 4.78 is 1.98. The Morgan fingerprint density at radius 1 is 1.29 bits per heavy atom. The van der Waals surface area contributed by atoms with Crippen molar-refractivity contribution in [2.45, 2.75) is 27.8 Å². The van der Waals surface area contributed by atoms with Crippen LogP contribution in [0.5, 0.6) is 0 Å². The summed E-state index contributed by atoms with van der Waals surface area (Å²) in [4.78, 5) is 11.7. The molecule has 1 saturated heterocycles. The van der Waals surface area contributed by atoms with Crippen LogP contribution < -0.4 is 0 Å². The van der Waals surface area contributed by atoms with Crippen LogP contribution in [0.1, 0.15) is 6.92 Å². The van der Waals surface area contributed by atoms with E-state index in [4.69, 9.17) is 51.1 Å². The molecule has 2 rings (SSSR count). The molecule has 2 aliphatic rings. The van der Waals surface area contributed by atoms with Crippen LogP contribution in [0.15, 0.2) is 11.6 Å². The van der Waals surface area contributed by atoms with Crippen molar-refractivity contribution in [3.63, 3.8) is 0 Å². The molecule has 0 amide bonds. The quantitative estimate of drug-likeness (QED) is 0.502. The molecule has 0 saturated carbocycles. The monoisotopic (exact) mass is 274 g/mol. The van der Waals surface area contributed by atoms with E-state index in [0.717, 1.165) is 5.57 Å². The van der Waals surface area contributed by atoms with E-state index in [9.17, 15) is 4.79 Å². The molecule has 2 unspecified atom stereocenters. The standard InChI is InChI=1S/C8H6Cl4O2/c1-3-2-4-7(9,10)6(13)8(11,12)5(3)14-4/h2,4-5H,1H3. The molecule has 1 fully saturated rings. The molecule has 2 aliphatic heterocycles. The molecule has 0 spiro atoms. The zero-order valence-corrected chi connectivity index (χ0v) is 10.1. The summed E-state index contributed by atoms with van der Waals surface area (Å²) >= 11 is 23.4. The van der Waals surface area contributed by atoms with Gasteiger partial charge in [0.25, 0.3) is 0 Å². The lowest BCUT2D eigenvalue weighted by Crippen LogP contribution is -2.57. The van der Waals surface area contributed by atoms with Crippen LogP contribution in [-0.4, -0.2) is 26.7 Å². The van der Waals surface area contributed by atoms with E-state index in [2.05, 4.69) is 0 Å². The highest BCUT2D eigenvalue weighted by Gasteiger charge is 2.63. The van der Waals surface area contributed by atoms with Crippen LogP contribution in [0.4, 0.5) is 0 Å². The van der Waals surface area contributed by atoms with Gasteiger partial charge in [0.2, 0.25) is 14.4 Å². The third-order valence-electron chi connectivity index (χ3n) is 2.40. The van der Waals surface area contributed by atoms with E-state index < -0.39 is 26.7 Å². The Bertz CT molecular complexity index is 334. The molecule has 2 heterocycles. The van der Waals surface area contributed by atoms with Crippen LogP contribution in [0, 0.1) is 0 Å². The zero-order chi connectivity index (χ0) is 10.7. The van der Waals surface area contributed by atoms with Crippen LogP contribution in [0.2, 0.25) is 0 Å². The maximum absolute atomic E-state index is 11.7. The van der Waals surface area contributed by atoms with Gasteiger partial charge in [-0.05, 0) is 12.5 Å². The summed E-state index contributed by atoms with van der Waals surface area (Å²) in [5.41, 5.74) is 0.775. The first-order valence-corrected chi connectivity index (χ1v) is 5.43. The third kappa shape index (κ3) is 1.25. The first-order valence-electron chi connectivity index (χ1n) is 3.92. The summed E-state index contributed by atoms with van der Waals surface area (Å²) in [5, 5.41) is 0. The van der Waals surface area contributed by atoms with Crippen molar-refractivity contribution in [3.05, 3.63) is 11.6 Å². The fourth-order valence-corrected chi connectivity index (χ4v) is 3.12. The van der Waals surface area contributed by atoms with Gasteiger partial charge in [0, 0.05) is 0 Å². The minimum absolute atomic E-state index is 0.619. The maximum atomic E-state index is 11.7. The number of Topliss-reactive ketones (excluding diaryl/α,β-unsaturated/α-hetero) is 1. The van der Waals surface area contributed by atoms with Gasteiger partial charge in [0.1, 0.15) is 12.2 Å². The number of alkyl halides is 4. The molecule has 2 nitrogen and oxygen atoms in total. The summed E-state index contributed by atoms with van der Waals surface area (Å²) in [7, 11) is 0. The molecule has 6 heteroatoms. The van der Waals surface area contributed by atoms with Gasteiger partial charge in [-0.3, -0.25) is 4.79 Å². The van der Waals surface area contributed by atoms with Crippen molar-refractivity contribution in [1.82, 2.24) is 0 Å². The van der Waals surface area contributed by atoms with E-state index in [-0.39, 0.29) is 0 Å². The number of ether oxygens (including phenoxy) is 1. The second kappa shape index (κ2) is 3.02. The van der Waals surface area contributed by atoms with Crippen molar-refractivity contribution in [2.75, 3.05) is 0 Å². The second-order valence-electron chi connectivity index (χ2n) is 3.42. The van der Waals surface area contributed by atoms with Gasteiger partial charge in [0.15, 0.2) is 0 Å². The van der Waals surface area contributed by atoms with Crippen molar-refractivity contribution in [1.29, 1.82) is 0 Å². The summed E-state index contributed by atoms with van der Waals surface area (Å²) in [5.74, 6) is -0.619. The Kier molecular flexibility index (Phi) is 2.38. The first kappa shape index (κ1) is 11.0. The average molecular weight is 276 g/mol. The number of hydrogen-bond acceptors (Lipinski definition) is 2. The number of fused-ring (bicyclic) bond motifs is 2. The predicted octanol–water partition coefficient (Wildman–Crippen LogP) is 2.63. The molecule has 0 aromatic rings. The van der Waals surface area contributed by atoms with Gasteiger partial charge in [-0.1, -0.05) is 52.5 Å². The molecule has 0 aromatic carbocycles. The fraction of sp³-hybridized carbons (Fsp3) is 0.625. The van der Waals surface area contributed by atoms with Gasteiger partial charge >= 0.3 is 0 Å². The van der Waals surface area contributed by atoms with E-state index in [1.54, 1.807) is 13.0 Å². The number of halogens is 4. The minimum atomic E-state index is -1.70. The van der Waals surface area contributed by atoms with Gasteiger partial charge in [0.05, 0.1) is 0 Å². The Morgan fingerprint density at radius 2 is 1.86 bits per heavy atom. The number of rotatable bonds is 0. The Balaban J connectivity index is 2.52. The summed E-state index contributed by atoms with van der Waals surface area (Å²) in [6.07, 6.45) is 0.373. The highest BCUT2D eigenvalue weighted by atomic mass is 35.5. The second-order valence-corrected chi connectivity index (χ2v) is 6.19. The van der Waals surface area contributed by atoms with Crippen molar-refractivity contribution >= 4 is 52.2 Å². The Morgan fingerprint density at radius 3 is 2.43 bits per heavy atom. The highest BCUT2D eigenvalue weighted by Crippen LogP contribution is 2.51. The van der Waals surface area contributed by atoms with E-state index in [0.29, 0.717) is 0 Å². The van der Waals surface area contributed by atoms with Crippen LogP contribution in [0.25, 0.3) is 0 Å². The molecule has 2 bridgehead atoms. The molecule has 0 aromatic heterocycles. The van der Waals surface area contributed by atoms with Gasteiger partial charge < -0.3 is 4.74 Å². The Labute approximate surface area is 101 Å². The minimum Gasteiger partial charge on any atom is -0.359 e. The third-order valence-corrected chi connectivity index (χ3v) is 3.92. The topological polar surface area (TPSA) is 26.3 Å². The van der Waals surface area contributed by atoms with Crippen molar-refractivity contribution in [3.8, 4) is 0 Å². The van der Waals surface area contributed by atoms with Crippen LogP contribution in [0.3, 0.4) is 0 Å². The SMILES string of the molecule is CC1=CC2OC1C(Cl)(Cl)C(=O)C2(Cl)Cl. The van der Waals surface area contributed by atoms with Crippen LogP contribution in [-0.2, 0) is 9.53 Å². The largest absolute Gasteiger partial charge is 0.359 e. The molecule has 14 heavy (non-hydrogen) atoms. The summed E-state index contributed by atoms with van der Waals surface area (Å²) in [6.45, 7) is 1.77. The van der Waals surface area contributed by atoms with Crippen LogP contribution >= 0.6 is 46.4 Å². The number of carbonyl (C=O) groups excluding carboxylic acids is 1. The normalized spacial score (nSPS) is 38.4. The molecule has 0 N–H and O–H groups in total. The number of ketones is 1. The molecule has 0 radical (unpaired) electrons. The van der Waals surface area contributed by atoms with Gasteiger partial charge in [-0.2, -0.15) is 0 Å². The zero-order valence-electron chi connectivity index (χ0n) is 7.06. The first-order chi connectivity index (χ1) is 6.28. The fourth-order valence-electron chi connectivity index (χ4n) is 1.65. The molecular formula is C8H6Cl4O2. The van der Waals surface area contributed by atoms with E-state index >= 15 is 0 Å². The predicted molar refractivity (Wildman–Crippen MR) is 56.3 cm³/mol. The molecular weight excluding hydrogens is 270 g/mol. The highest BCUT2D eigenvalue weighted by molar-refractivity contribution is 6.69. The molecule has 78 valence electrons. The molecule has 2 atom stereocenters. The van der Waals surface area contributed by atoms with E-state index in [1.807, 2.05) is 0 Å². The maximum Gasteiger partial charge on any atom is 0.210 e. The number of hydrogen-bond donors (Lipinski definition) is 0. The van der Waals surface area contributed by atoms with Crippen molar-refractivity contribution < 1.29 is 9.53 Å². The molecule has 0 aliphatic carbocycles. The lowest BCUT2D eigenvalue weighted by molar-refractivity contribution is -0.131. The Hall–Kier alpha value is 0.530. The van der Waals surface area contributed by atoms with Gasteiger partial charge in [-0.15, -0.1) is 0 Å². The van der Waals surface area contributed by atoms with Gasteiger partial charge in [-0.25, -0.2) is 0 Å². The average Bonchev–Trinajstić information content (AvgIpc) is 2.43. The van der Waals surface area contributed by atoms with Crippen molar-refractivity contribution in [2.24, 2.45) is 0 Å².